The first kappa shape index (κ1) is 25.0. The van der Waals surface area contributed by atoms with Gasteiger partial charge in [-0.2, -0.15) is 0 Å². The summed E-state index contributed by atoms with van der Waals surface area (Å²) in [5.41, 5.74) is 9.99. The van der Waals surface area contributed by atoms with Crippen LogP contribution >= 0.6 is 0 Å². The van der Waals surface area contributed by atoms with Crippen molar-refractivity contribution in [1.29, 1.82) is 0 Å². The number of anilines is 1. The number of imidazole rings is 1. The molecule has 5 rings (SSSR count). The number of ether oxygens (including phenoxy) is 2. The number of aromatic nitrogens is 4. The van der Waals surface area contributed by atoms with Crippen molar-refractivity contribution in [3.05, 3.63) is 84.1 Å². The lowest BCUT2D eigenvalue weighted by Gasteiger charge is -2.42. The predicted octanol–water partition coefficient (Wildman–Crippen LogP) is 5.00. The molecule has 0 saturated carbocycles. The predicted molar refractivity (Wildman–Crippen MR) is 140 cm³/mol. The molecule has 0 radical (unpaired) electrons. The molecule has 3 unspecified atom stereocenters. The molecule has 3 atom stereocenters. The van der Waals surface area contributed by atoms with Crippen LogP contribution in [0.1, 0.15) is 38.1 Å². The van der Waals surface area contributed by atoms with E-state index in [1.165, 1.54) is 12.1 Å². The van der Waals surface area contributed by atoms with Crippen molar-refractivity contribution in [2.24, 2.45) is 5.73 Å². The maximum absolute atomic E-state index is 13.7. The van der Waals surface area contributed by atoms with Gasteiger partial charge >= 0.3 is 0 Å². The largest absolute Gasteiger partial charge is 0.350 e. The third-order valence-electron chi connectivity index (χ3n) is 6.58. The summed E-state index contributed by atoms with van der Waals surface area (Å²) in [5.74, 6) is -0.397. The third-order valence-corrected chi connectivity index (χ3v) is 6.58. The average molecular weight is 503 g/mol. The van der Waals surface area contributed by atoms with E-state index in [1.807, 2.05) is 50.2 Å². The van der Waals surface area contributed by atoms with E-state index in [9.17, 15) is 4.39 Å². The molecule has 1 saturated heterocycles. The first-order valence-electron chi connectivity index (χ1n) is 12.6. The maximum atomic E-state index is 13.7. The first-order valence-corrected chi connectivity index (χ1v) is 12.6. The standard InChI is InChI=1S/C28H31FN6O2/c1-3-23-21(30)17-36-28(4-2,37-23)26-34-24(19-10-12-20(29)13-11-19)25(35-26)22-14-15-31-27(33-22)32-16-18-8-6-5-7-9-18/h5-15,21,23H,3-4,16-17,30H2,1-2H3,(H,34,35)(H,31,32,33). The summed E-state index contributed by atoms with van der Waals surface area (Å²) in [6.07, 6.45) is 2.82. The van der Waals surface area contributed by atoms with E-state index < -0.39 is 5.79 Å². The second-order valence-corrected chi connectivity index (χ2v) is 9.07. The molecule has 192 valence electrons. The van der Waals surface area contributed by atoms with Crippen molar-refractivity contribution in [3.63, 3.8) is 0 Å². The van der Waals surface area contributed by atoms with Crippen LogP contribution in [0.5, 0.6) is 0 Å². The van der Waals surface area contributed by atoms with Gasteiger partial charge in [0.1, 0.15) is 5.82 Å². The molecule has 4 N–H and O–H groups in total. The van der Waals surface area contributed by atoms with Crippen LogP contribution in [0, 0.1) is 5.82 Å². The molecule has 8 nitrogen and oxygen atoms in total. The fraction of sp³-hybridized carbons (Fsp3) is 0.321. The maximum Gasteiger partial charge on any atom is 0.228 e. The monoisotopic (exact) mass is 502 g/mol. The fourth-order valence-electron chi connectivity index (χ4n) is 4.48. The molecule has 1 aliphatic rings. The zero-order valence-corrected chi connectivity index (χ0v) is 20.9. The summed E-state index contributed by atoms with van der Waals surface area (Å²) in [4.78, 5) is 17.5. The molecule has 0 amide bonds. The van der Waals surface area contributed by atoms with Crippen LogP contribution in [0.25, 0.3) is 22.6 Å². The lowest BCUT2D eigenvalue weighted by atomic mass is 10.1. The Morgan fingerprint density at radius 3 is 2.59 bits per heavy atom. The van der Waals surface area contributed by atoms with Crippen LogP contribution < -0.4 is 11.1 Å². The quantitative estimate of drug-likeness (QED) is 0.311. The van der Waals surface area contributed by atoms with Crippen LogP contribution in [0.3, 0.4) is 0 Å². The van der Waals surface area contributed by atoms with Crippen molar-refractivity contribution in [3.8, 4) is 22.6 Å². The number of nitrogens with two attached hydrogens (primary N) is 1. The number of benzene rings is 2. The number of hydrogen-bond donors (Lipinski definition) is 3. The van der Waals surface area contributed by atoms with Gasteiger partial charge in [-0.3, -0.25) is 0 Å². The zero-order valence-electron chi connectivity index (χ0n) is 20.9. The van der Waals surface area contributed by atoms with Crippen LogP contribution in [-0.2, 0) is 21.8 Å². The zero-order chi connectivity index (χ0) is 25.8. The van der Waals surface area contributed by atoms with Crippen molar-refractivity contribution in [2.75, 3.05) is 11.9 Å². The van der Waals surface area contributed by atoms with Crippen molar-refractivity contribution in [2.45, 2.75) is 51.2 Å². The highest BCUT2D eigenvalue weighted by molar-refractivity contribution is 5.77. The van der Waals surface area contributed by atoms with Crippen molar-refractivity contribution < 1.29 is 13.9 Å². The Morgan fingerprint density at radius 1 is 1.08 bits per heavy atom. The highest BCUT2D eigenvalue weighted by Gasteiger charge is 2.44. The van der Waals surface area contributed by atoms with E-state index in [2.05, 4.69) is 15.3 Å². The molecule has 3 heterocycles. The van der Waals surface area contributed by atoms with Crippen molar-refractivity contribution in [1.82, 2.24) is 19.9 Å². The molecule has 0 spiro atoms. The molecule has 4 aromatic rings. The minimum Gasteiger partial charge on any atom is -0.350 e. The van der Waals surface area contributed by atoms with E-state index in [4.69, 9.17) is 25.2 Å². The number of halogens is 1. The molecule has 1 fully saturated rings. The Labute approximate surface area is 215 Å². The number of aromatic amines is 1. The highest BCUT2D eigenvalue weighted by atomic mass is 19.1. The van der Waals surface area contributed by atoms with Gasteiger partial charge in [-0.1, -0.05) is 44.2 Å². The Morgan fingerprint density at radius 2 is 1.86 bits per heavy atom. The van der Waals surface area contributed by atoms with Gasteiger partial charge in [-0.15, -0.1) is 0 Å². The van der Waals surface area contributed by atoms with E-state index in [0.717, 1.165) is 17.5 Å². The summed E-state index contributed by atoms with van der Waals surface area (Å²) >= 11 is 0. The topological polar surface area (TPSA) is 111 Å². The van der Waals surface area contributed by atoms with Crippen molar-refractivity contribution >= 4 is 5.95 Å². The SMILES string of the molecule is CCC1OC(CC)(c2nc(-c3ccc(F)cc3)c(-c3ccnc(NCc4ccccc4)n3)[nH]2)OCC1N. The van der Waals surface area contributed by atoms with Gasteiger partial charge < -0.3 is 25.5 Å². The van der Waals surface area contributed by atoms with Gasteiger partial charge in [-0.05, 0) is 42.3 Å². The van der Waals surface area contributed by atoms with Gasteiger partial charge in [0.15, 0.2) is 5.82 Å². The number of hydrogen-bond acceptors (Lipinski definition) is 7. The second kappa shape index (κ2) is 10.8. The van der Waals surface area contributed by atoms with Gasteiger partial charge in [0.2, 0.25) is 11.7 Å². The molecule has 1 aliphatic heterocycles. The van der Waals surface area contributed by atoms with E-state index >= 15 is 0 Å². The molecule has 0 bridgehead atoms. The lowest BCUT2D eigenvalue weighted by Crippen LogP contribution is -2.53. The minimum absolute atomic E-state index is 0.163. The van der Waals surface area contributed by atoms with Gasteiger partial charge in [0.25, 0.3) is 0 Å². The van der Waals surface area contributed by atoms with Gasteiger partial charge in [-0.25, -0.2) is 19.3 Å². The summed E-state index contributed by atoms with van der Waals surface area (Å²) in [6, 6.07) is 17.8. The molecule has 2 aromatic heterocycles. The number of rotatable bonds is 8. The molecule has 0 aliphatic carbocycles. The normalized spacial score (nSPS) is 21.6. The first-order chi connectivity index (χ1) is 18.0. The summed E-state index contributed by atoms with van der Waals surface area (Å²) in [6.45, 7) is 4.97. The van der Waals surface area contributed by atoms with Crippen LogP contribution in [0.2, 0.25) is 0 Å². The highest BCUT2D eigenvalue weighted by Crippen LogP contribution is 2.39. The Balaban J connectivity index is 1.54. The molecule has 2 aromatic carbocycles. The summed E-state index contributed by atoms with van der Waals surface area (Å²) in [5, 5.41) is 3.28. The number of nitrogens with zero attached hydrogens (tertiary/aromatic N) is 3. The smallest absolute Gasteiger partial charge is 0.228 e. The van der Waals surface area contributed by atoms with Crippen LogP contribution in [-0.4, -0.2) is 38.7 Å². The summed E-state index contributed by atoms with van der Waals surface area (Å²) < 4.78 is 26.3. The van der Waals surface area contributed by atoms with E-state index in [0.29, 0.717) is 48.4 Å². The van der Waals surface area contributed by atoms with Crippen LogP contribution in [0.4, 0.5) is 10.3 Å². The second-order valence-electron chi connectivity index (χ2n) is 9.07. The molecular weight excluding hydrogens is 471 g/mol. The molecular formula is C28H31FN6O2. The molecule has 9 heteroatoms. The fourth-order valence-corrected chi connectivity index (χ4v) is 4.48. The van der Waals surface area contributed by atoms with Crippen LogP contribution in [0.15, 0.2) is 66.9 Å². The third kappa shape index (κ3) is 5.24. The van der Waals surface area contributed by atoms with E-state index in [1.54, 1.807) is 18.3 Å². The van der Waals surface area contributed by atoms with E-state index in [-0.39, 0.29) is 18.0 Å². The lowest BCUT2D eigenvalue weighted by molar-refractivity contribution is -0.313. The molecule has 37 heavy (non-hydrogen) atoms. The number of H-pyrrole nitrogens is 1. The average Bonchev–Trinajstić information content (AvgIpc) is 3.40. The van der Waals surface area contributed by atoms with Gasteiger partial charge in [0.05, 0.1) is 35.8 Å². The Bertz CT molecular complexity index is 1330. The Hall–Kier alpha value is -3.66. The van der Waals surface area contributed by atoms with Gasteiger partial charge in [0, 0.05) is 24.7 Å². The summed E-state index contributed by atoms with van der Waals surface area (Å²) in [7, 11) is 0. The Kier molecular flexibility index (Phi) is 7.27. The minimum atomic E-state index is -1.08. The number of nitrogens with one attached hydrogen (secondary N) is 2.